The number of thiophene rings is 1. The minimum Gasteiger partial charge on any atom is -0.288 e. The zero-order valence-corrected chi connectivity index (χ0v) is 11.8. The average Bonchev–Trinajstić information content (AvgIpc) is 2.63. The molecule has 0 N–H and O–H groups in total. The third-order valence-electron chi connectivity index (χ3n) is 2.46. The van der Waals surface area contributed by atoms with Crippen molar-refractivity contribution in [3.05, 3.63) is 55.4 Å². The van der Waals surface area contributed by atoms with Crippen molar-refractivity contribution >= 4 is 33.0 Å². The molecule has 1 aromatic heterocycles. The first-order valence-electron chi connectivity index (χ1n) is 5.06. The molecule has 0 saturated heterocycles. The topological polar surface area (TPSA) is 17.1 Å². The van der Waals surface area contributed by atoms with Crippen LogP contribution in [0.4, 0.5) is 4.39 Å². The van der Waals surface area contributed by atoms with E-state index in [0.29, 0.717) is 10.4 Å². The number of halogens is 2. The molecule has 1 aromatic carbocycles. The van der Waals surface area contributed by atoms with E-state index in [0.717, 1.165) is 9.35 Å². The fourth-order valence-electron chi connectivity index (χ4n) is 1.76. The lowest BCUT2D eigenvalue weighted by Crippen LogP contribution is -2.05. The average molecular weight is 313 g/mol. The van der Waals surface area contributed by atoms with Crippen molar-refractivity contribution in [2.24, 2.45) is 0 Å². The number of ketones is 1. The Morgan fingerprint density at radius 1 is 1.29 bits per heavy atom. The fraction of sp³-hybridized carbons (Fsp3) is 0.154. The summed E-state index contributed by atoms with van der Waals surface area (Å²) >= 11 is 4.61. The zero-order valence-electron chi connectivity index (χ0n) is 9.38. The van der Waals surface area contributed by atoms with Crippen LogP contribution in [0, 0.1) is 19.7 Å². The summed E-state index contributed by atoms with van der Waals surface area (Å²) in [7, 11) is 0. The molecule has 0 unspecified atom stereocenters. The minimum atomic E-state index is -0.447. The SMILES string of the molecule is Cc1cc(C)c(C(=O)c2ccc(Br)s2)c(F)c1. The van der Waals surface area contributed by atoms with E-state index in [4.69, 9.17) is 0 Å². The maximum absolute atomic E-state index is 13.8. The molecule has 1 nitrogen and oxygen atoms in total. The number of hydrogen-bond donors (Lipinski definition) is 0. The van der Waals surface area contributed by atoms with Gasteiger partial charge in [0.25, 0.3) is 0 Å². The van der Waals surface area contributed by atoms with E-state index >= 15 is 0 Å². The largest absolute Gasteiger partial charge is 0.288 e. The van der Waals surface area contributed by atoms with Gasteiger partial charge in [0.2, 0.25) is 5.78 Å². The standard InChI is InChI=1S/C13H10BrFOS/c1-7-5-8(2)12(9(15)6-7)13(16)10-3-4-11(14)17-10/h3-6H,1-2H3. The molecule has 0 bridgehead atoms. The monoisotopic (exact) mass is 312 g/mol. The van der Waals surface area contributed by atoms with Crippen molar-refractivity contribution in [2.75, 3.05) is 0 Å². The smallest absolute Gasteiger partial charge is 0.206 e. The molecule has 0 aliphatic rings. The summed E-state index contributed by atoms with van der Waals surface area (Å²) < 4.78 is 14.7. The van der Waals surface area contributed by atoms with Gasteiger partial charge in [-0.1, -0.05) is 6.07 Å². The first-order chi connectivity index (χ1) is 7.99. The second-order valence-corrected chi connectivity index (χ2v) is 6.33. The molecule has 2 rings (SSSR count). The molecular formula is C13H10BrFOS. The number of benzene rings is 1. The van der Waals surface area contributed by atoms with Crippen molar-refractivity contribution in [1.29, 1.82) is 0 Å². The summed E-state index contributed by atoms with van der Waals surface area (Å²) in [5.41, 5.74) is 1.67. The van der Waals surface area contributed by atoms with Gasteiger partial charge in [0.1, 0.15) is 5.82 Å². The summed E-state index contributed by atoms with van der Waals surface area (Å²) in [6.45, 7) is 3.57. The third kappa shape index (κ3) is 2.48. The number of carbonyl (C=O) groups excluding carboxylic acids is 1. The van der Waals surface area contributed by atoms with E-state index in [1.807, 2.05) is 13.0 Å². The van der Waals surface area contributed by atoms with Crippen LogP contribution in [0.1, 0.15) is 26.4 Å². The maximum Gasteiger partial charge on any atom is 0.206 e. The van der Waals surface area contributed by atoms with Crippen LogP contribution in [-0.4, -0.2) is 5.78 Å². The maximum atomic E-state index is 13.8. The molecular weight excluding hydrogens is 303 g/mol. The Morgan fingerprint density at radius 3 is 2.53 bits per heavy atom. The van der Waals surface area contributed by atoms with E-state index in [1.165, 1.54) is 17.4 Å². The highest BCUT2D eigenvalue weighted by molar-refractivity contribution is 9.11. The van der Waals surface area contributed by atoms with Crippen molar-refractivity contribution in [3.63, 3.8) is 0 Å². The predicted molar refractivity (Wildman–Crippen MR) is 71.3 cm³/mol. The lowest BCUT2D eigenvalue weighted by atomic mass is 10.0. The van der Waals surface area contributed by atoms with Crippen LogP contribution in [-0.2, 0) is 0 Å². The van der Waals surface area contributed by atoms with Gasteiger partial charge < -0.3 is 0 Å². The Hall–Kier alpha value is -1.00. The minimum absolute atomic E-state index is 0.171. The van der Waals surface area contributed by atoms with Crippen LogP contribution in [0.15, 0.2) is 28.1 Å². The summed E-state index contributed by atoms with van der Waals surface area (Å²) in [6, 6.07) is 6.71. The van der Waals surface area contributed by atoms with Gasteiger partial charge in [-0.3, -0.25) is 4.79 Å². The van der Waals surface area contributed by atoms with Crippen LogP contribution in [0.5, 0.6) is 0 Å². The van der Waals surface area contributed by atoms with E-state index in [-0.39, 0.29) is 11.3 Å². The molecule has 0 aliphatic carbocycles. The zero-order chi connectivity index (χ0) is 12.6. The number of hydrogen-bond acceptors (Lipinski definition) is 2. The molecule has 0 radical (unpaired) electrons. The van der Waals surface area contributed by atoms with Crippen molar-refractivity contribution in [3.8, 4) is 0 Å². The highest BCUT2D eigenvalue weighted by Crippen LogP contribution is 2.26. The number of aryl methyl sites for hydroxylation is 2. The number of carbonyl (C=O) groups is 1. The predicted octanol–water partition coefficient (Wildman–Crippen LogP) is 4.50. The molecule has 2 aromatic rings. The normalized spacial score (nSPS) is 10.6. The quantitative estimate of drug-likeness (QED) is 0.746. The van der Waals surface area contributed by atoms with Gasteiger partial charge in [0.05, 0.1) is 14.2 Å². The van der Waals surface area contributed by atoms with Crippen LogP contribution >= 0.6 is 27.3 Å². The van der Waals surface area contributed by atoms with Gasteiger partial charge in [0.15, 0.2) is 0 Å². The molecule has 0 amide bonds. The molecule has 1 heterocycles. The van der Waals surface area contributed by atoms with Crippen molar-refractivity contribution < 1.29 is 9.18 Å². The fourth-order valence-corrected chi connectivity index (χ4v) is 3.10. The Balaban J connectivity index is 2.51. The molecule has 0 atom stereocenters. The first-order valence-corrected chi connectivity index (χ1v) is 6.67. The summed E-state index contributed by atoms with van der Waals surface area (Å²) in [6.07, 6.45) is 0. The number of rotatable bonds is 2. The Labute approximate surface area is 111 Å². The van der Waals surface area contributed by atoms with Gasteiger partial charge in [-0.15, -0.1) is 11.3 Å². The second-order valence-electron chi connectivity index (χ2n) is 3.87. The van der Waals surface area contributed by atoms with E-state index < -0.39 is 5.82 Å². The first kappa shape index (κ1) is 12.5. The summed E-state index contributed by atoms with van der Waals surface area (Å²) in [5, 5.41) is 0. The van der Waals surface area contributed by atoms with E-state index in [9.17, 15) is 9.18 Å². The van der Waals surface area contributed by atoms with Gasteiger partial charge in [-0.2, -0.15) is 0 Å². The van der Waals surface area contributed by atoms with E-state index in [2.05, 4.69) is 15.9 Å². The highest BCUT2D eigenvalue weighted by Gasteiger charge is 2.18. The van der Waals surface area contributed by atoms with E-state index in [1.54, 1.807) is 19.1 Å². The molecule has 4 heteroatoms. The lowest BCUT2D eigenvalue weighted by molar-refractivity contribution is 0.103. The Kier molecular flexibility index (Phi) is 3.45. The molecule has 0 fully saturated rings. The van der Waals surface area contributed by atoms with Crippen LogP contribution in [0.25, 0.3) is 0 Å². The Bertz CT molecular complexity index is 566. The molecule has 0 spiro atoms. The molecule has 17 heavy (non-hydrogen) atoms. The molecule has 88 valence electrons. The van der Waals surface area contributed by atoms with Crippen LogP contribution < -0.4 is 0 Å². The Morgan fingerprint density at radius 2 is 2.00 bits per heavy atom. The van der Waals surface area contributed by atoms with Gasteiger partial charge in [-0.25, -0.2) is 4.39 Å². The van der Waals surface area contributed by atoms with Crippen LogP contribution in [0.2, 0.25) is 0 Å². The highest BCUT2D eigenvalue weighted by atomic mass is 79.9. The van der Waals surface area contributed by atoms with Gasteiger partial charge >= 0.3 is 0 Å². The second kappa shape index (κ2) is 4.70. The molecule has 0 aliphatic heterocycles. The van der Waals surface area contributed by atoms with Gasteiger partial charge in [-0.05, 0) is 59.1 Å². The van der Waals surface area contributed by atoms with Gasteiger partial charge in [0, 0.05) is 0 Å². The van der Waals surface area contributed by atoms with Crippen molar-refractivity contribution in [1.82, 2.24) is 0 Å². The third-order valence-corrected chi connectivity index (χ3v) is 4.08. The van der Waals surface area contributed by atoms with Crippen LogP contribution in [0.3, 0.4) is 0 Å². The molecule has 0 saturated carbocycles. The lowest BCUT2D eigenvalue weighted by Gasteiger charge is -2.06. The summed E-state index contributed by atoms with van der Waals surface area (Å²) in [4.78, 5) is 12.7. The van der Waals surface area contributed by atoms with Crippen molar-refractivity contribution in [2.45, 2.75) is 13.8 Å². The summed E-state index contributed by atoms with van der Waals surface area (Å²) in [5.74, 6) is -0.701.